The fourth-order valence-electron chi connectivity index (χ4n) is 4.08. The van der Waals surface area contributed by atoms with E-state index in [1.54, 1.807) is 0 Å². The number of ether oxygens (including phenoxy) is 2. The minimum Gasteiger partial charge on any atom is -0.394 e. The summed E-state index contributed by atoms with van der Waals surface area (Å²) >= 11 is 0. The molecule has 4 N–H and O–H groups in total. The summed E-state index contributed by atoms with van der Waals surface area (Å²) in [7, 11) is 0. The van der Waals surface area contributed by atoms with Crippen molar-refractivity contribution < 1.29 is 29.3 Å². The number of carbonyl (C=O) groups excluding carboxylic acids is 2. The first-order chi connectivity index (χ1) is 17.7. The Hall–Kier alpha value is -1.22. The van der Waals surface area contributed by atoms with Crippen LogP contribution in [0.3, 0.4) is 0 Å². The molecular formula is C28H56N2O6. The highest BCUT2D eigenvalue weighted by molar-refractivity contribution is 5.76. The van der Waals surface area contributed by atoms with Gasteiger partial charge in [0.15, 0.2) is 0 Å². The van der Waals surface area contributed by atoms with Gasteiger partial charge in [-0.1, -0.05) is 89.9 Å². The third-order valence-corrected chi connectivity index (χ3v) is 6.17. The summed E-state index contributed by atoms with van der Waals surface area (Å²) in [5, 5.41) is 22.9. The van der Waals surface area contributed by atoms with Gasteiger partial charge >= 0.3 is 0 Å². The molecule has 0 spiro atoms. The highest BCUT2D eigenvalue weighted by atomic mass is 16.5. The molecule has 0 fully saturated rings. The van der Waals surface area contributed by atoms with Crippen LogP contribution >= 0.6 is 0 Å². The monoisotopic (exact) mass is 516 g/mol. The quantitative estimate of drug-likeness (QED) is 0.110. The number of amides is 2. The van der Waals surface area contributed by atoms with Gasteiger partial charge in [-0.15, -0.1) is 0 Å². The van der Waals surface area contributed by atoms with Crippen molar-refractivity contribution in [3.05, 3.63) is 0 Å². The Labute approximate surface area is 220 Å². The molecule has 0 aromatic rings. The lowest BCUT2D eigenvalue weighted by atomic mass is 10.0. The molecule has 0 radical (unpaired) electrons. The summed E-state index contributed by atoms with van der Waals surface area (Å²) in [4.78, 5) is 23.3. The normalized spacial score (nSPS) is 11.1. The Kier molecular flexibility index (Phi) is 29.0. The van der Waals surface area contributed by atoms with Crippen molar-refractivity contribution >= 4 is 11.8 Å². The highest BCUT2D eigenvalue weighted by Crippen LogP contribution is 2.14. The molecule has 0 aromatic carbocycles. The molecule has 0 bridgehead atoms. The standard InChI is InChI=1S/C28H56N2O6/c31-21-25-35-23-19-29-27(33)17-15-13-11-9-7-5-3-1-2-4-6-8-10-12-14-16-18-28(34)30-20-24-36-26-22-32/h31-32H,1-26H2,(H,29,33)(H,30,34). The molecule has 0 unspecified atom stereocenters. The molecule has 0 atom stereocenters. The number of aliphatic hydroxyl groups is 2. The van der Waals surface area contributed by atoms with Gasteiger partial charge in [-0.2, -0.15) is 0 Å². The van der Waals surface area contributed by atoms with Crippen molar-refractivity contribution in [1.29, 1.82) is 0 Å². The van der Waals surface area contributed by atoms with Crippen molar-refractivity contribution in [2.24, 2.45) is 0 Å². The highest BCUT2D eigenvalue weighted by Gasteiger charge is 2.02. The van der Waals surface area contributed by atoms with E-state index in [-0.39, 0.29) is 25.0 Å². The minimum absolute atomic E-state index is 0.0201. The molecule has 2 amide bonds. The summed E-state index contributed by atoms with van der Waals surface area (Å²) < 4.78 is 10.2. The third-order valence-electron chi connectivity index (χ3n) is 6.17. The first kappa shape index (κ1) is 34.8. The molecule has 8 heteroatoms. The van der Waals surface area contributed by atoms with Crippen LogP contribution in [0.15, 0.2) is 0 Å². The van der Waals surface area contributed by atoms with Gasteiger partial charge < -0.3 is 30.3 Å². The van der Waals surface area contributed by atoms with Crippen molar-refractivity contribution in [2.45, 2.75) is 116 Å². The largest absolute Gasteiger partial charge is 0.394 e. The summed E-state index contributed by atoms with van der Waals surface area (Å²) in [6, 6.07) is 0. The molecule has 0 saturated heterocycles. The van der Waals surface area contributed by atoms with Crippen LogP contribution in [0.25, 0.3) is 0 Å². The number of unbranched alkanes of at least 4 members (excludes halogenated alkanes) is 15. The molecule has 0 heterocycles. The molecular weight excluding hydrogens is 460 g/mol. The Morgan fingerprint density at radius 2 is 0.722 bits per heavy atom. The van der Waals surface area contributed by atoms with Crippen LogP contribution in [-0.4, -0.2) is 74.8 Å². The number of aliphatic hydroxyl groups excluding tert-OH is 2. The minimum atomic E-state index is 0.0201. The van der Waals surface area contributed by atoms with Gasteiger partial charge in [0.25, 0.3) is 0 Å². The molecule has 36 heavy (non-hydrogen) atoms. The van der Waals surface area contributed by atoms with E-state index in [0.29, 0.717) is 52.4 Å². The fourth-order valence-corrected chi connectivity index (χ4v) is 4.08. The van der Waals surface area contributed by atoms with E-state index in [1.165, 1.54) is 77.0 Å². The van der Waals surface area contributed by atoms with Crippen LogP contribution < -0.4 is 10.6 Å². The predicted octanol–water partition coefficient (Wildman–Crippen LogP) is 4.26. The van der Waals surface area contributed by atoms with E-state index < -0.39 is 0 Å². The van der Waals surface area contributed by atoms with E-state index >= 15 is 0 Å². The topological polar surface area (TPSA) is 117 Å². The van der Waals surface area contributed by atoms with Crippen molar-refractivity contribution in [1.82, 2.24) is 10.6 Å². The molecule has 8 nitrogen and oxygen atoms in total. The zero-order valence-corrected chi connectivity index (χ0v) is 22.9. The lowest BCUT2D eigenvalue weighted by molar-refractivity contribution is -0.122. The second-order valence-electron chi connectivity index (χ2n) is 9.53. The second kappa shape index (κ2) is 30.0. The van der Waals surface area contributed by atoms with Crippen LogP contribution in [0.4, 0.5) is 0 Å². The van der Waals surface area contributed by atoms with Gasteiger partial charge in [0, 0.05) is 25.9 Å². The van der Waals surface area contributed by atoms with Gasteiger partial charge in [0.2, 0.25) is 11.8 Å². The summed E-state index contributed by atoms with van der Waals surface area (Å²) in [5.74, 6) is 0.196. The molecule has 0 aromatic heterocycles. The first-order valence-corrected chi connectivity index (χ1v) is 14.6. The average molecular weight is 517 g/mol. The van der Waals surface area contributed by atoms with Crippen molar-refractivity contribution in [3.63, 3.8) is 0 Å². The van der Waals surface area contributed by atoms with Crippen molar-refractivity contribution in [2.75, 3.05) is 52.7 Å². The summed E-state index contributed by atoms with van der Waals surface area (Å²) in [6.07, 6.45) is 21.0. The number of rotatable bonds is 29. The third kappa shape index (κ3) is 29.0. The molecule has 0 aliphatic carbocycles. The van der Waals surface area contributed by atoms with Crippen molar-refractivity contribution in [3.8, 4) is 0 Å². The van der Waals surface area contributed by atoms with Crippen LogP contribution in [0.5, 0.6) is 0 Å². The second-order valence-corrected chi connectivity index (χ2v) is 9.53. The first-order valence-electron chi connectivity index (χ1n) is 14.6. The van der Waals surface area contributed by atoms with E-state index in [4.69, 9.17) is 19.7 Å². The predicted molar refractivity (Wildman–Crippen MR) is 145 cm³/mol. The average Bonchev–Trinajstić information content (AvgIpc) is 2.87. The lowest BCUT2D eigenvalue weighted by Gasteiger charge is -2.06. The van der Waals surface area contributed by atoms with E-state index in [0.717, 1.165) is 25.7 Å². The molecule has 214 valence electrons. The van der Waals surface area contributed by atoms with Gasteiger partial charge in [0.1, 0.15) is 0 Å². The number of nitrogens with one attached hydrogen (secondary N) is 2. The summed E-state index contributed by atoms with van der Waals surface area (Å²) in [5.41, 5.74) is 0. The summed E-state index contributed by atoms with van der Waals surface area (Å²) in [6.45, 7) is 2.65. The Morgan fingerprint density at radius 1 is 0.444 bits per heavy atom. The van der Waals surface area contributed by atoms with E-state index in [2.05, 4.69) is 10.6 Å². The lowest BCUT2D eigenvalue weighted by Crippen LogP contribution is -2.27. The fraction of sp³-hybridized carbons (Fsp3) is 0.929. The molecule has 0 aliphatic heterocycles. The van der Waals surface area contributed by atoms with Crippen LogP contribution in [0.1, 0.15) is 116 Å². The molecule has 0 saturated carbocycles. The number of hydrogen-bond acceptors (Lipinski definition) is 6. The Morgan fingerprint density at radius 3 is 1.00 bits per heavy atom. The number of hydrogen-bond donors (Lipinski definition) is 4. The Bertz CT molecular complexity index is 437. The SMILES string of the molecule is O=C(CCCCCCCCCCCCCCCCCCC(=O)NCCOCCO)NCCOCCO. The maximum atomic E-state index is 11.7. The van der Waals surface area contributed by atoms with Gasteiger partial charge in [-0.3, -0.25) is 9.59 Å². The van der Waals surface area contributed by atoms with Gasteiger partial charge in [-0.05, 0) is 12.8 Å². The maximum Gasteiger partial charge on any atom is 0.220 e. The van der Waals surface area contributed by atoms with E-state index in [9.17, 15) is 9.59 Å². The van der Waals surface area contributed by atoms with Crippen LogP contribution in [-0.2, 0) is 19.1 Å². The van der Waals surface area contributed by atoms with Gasteiger partial charge in [-0.25, -0.2) is 0 Å². The maximum absolute atomic E-state index is 11.7. The zero-order valence-electron chi connectivity index (χ0n) is 22.9. The van der Waals surface area contributed by atoms with Crippen LogP contribution in [0.2, 0.25) is 0 Å². The van der Waals surface area contributed by atoms with E-state index in [1.807, 2.05) is 0 Å². The van der Waals surface area contributed by atoms with Crippen LogP contribution in [0, 0.1) is 0 Å². The van der Waals surface area contributed by atoms with Gasteiger partial charge in [0.05, 0.1) is 39.6 Å². The molecule has 0 rings (SSSR count). The smallest absolute Gasteiger partial charge is 0.220 e. The molecule has 0 aliphatic rings. The number of carbonyl (C=O) groups is 2. The Balaban J connectivity index is 3.16. The zero-order chi connectivity index (χ0) is 26.4.